The Labute approximate surface area is 521 Å². The summed E-state index contributed by atoms with van der Waals surface area (Å²) in [5.41, 5.74) is 15.2. The molecule has 1 amide bonds. The number of hydrogen-bond donors (Lipinski definition) is 7. The standard InChI is InChI=1S/C21H29N3.C19H26N2O2.2C18H25NO/c1-24(8-2-7-22)20-5-3-16(4-6-20)15-23-21-12-17-9-18(13-21)11-19(10-17)14-21;20-18(22)12-23-17-3-1-13(2-4-17)11-21-19-8-14-5-15(9-19)7-16(6-14)10-19;2*1-12-4-13(2-3-17(12)20)11-19-18-8-14-5-15(9-18)7-16(6-14)10-18/h3-6,17-19,23H,2,8-15H2,1H3;1-4,14-16,21H,5-12H2,(H2,20,22);2*2-4,14-16,19-20H,5-11H2,1H3. The number of carbonyl (C=O) groups excluding carboxylic acids is 1. The molecular weight excluding hydrogens is 1070 g/mol. The predicted octanol–water partition coefficient (Wildman–Crippen LogP) is 14.2. The van der Waals surface area contributed by atoms with E-state index in [1.54, 1.807) is 0 Å². The quantitative estimate of drug-likeness (QED) is 0.0509. The molecule has 0 aromatic heterocycles. The Morgan fingerprint density at radius 3 is 1.03 bits per heavy atom. The van der Waals surface area contributed by atoms with Crippen LogP contribution in [0.5, 0.6) is 17.2 Å². The van der Waals surface area contributed by atoms with Crippen LogP contribution in [0.15, 0.2) is 84.9 Å². The second-order valence-corrected chi connectivity index (χ2v) is 31.8. The van der Waals surface area contributed by atoms with E-state index in [9.17, 15) is 15.0 Å². The number of nitrogens with two attached hydrogens (primary N) is 1. The molecule has 0 radical (unpaired) electrons. The molecule has 16 aliphatic rings. The van der Waals surface area contributed by atoms with Crippen LogP contribution >= 0.6 is 0 Å². The van der Waals surface area contributed by atoms with E-state index >= 15 is 0 Å². The van der Waals surface area contributed by atoms with Gasteiger partial charge in [0, 0.05) is 67.6 Å². The lowest BCUT2D eigenvalue weighted by Crippen LogP contribution is -2.58. The molecule has 8 N–H and O–H groups in total. The Balaban J connectivity index is 0.000000108. The molecule has 4 aromatic carbocycles. The van der Waals surface area contributed by atoms with Gasteiger partial charge >= 0.3 is 0 Å². The van der Waals surface area contributed by atoms with Gasteiger partial charge in [0.25, 0.3) is 5.91 Å². The van der Waals surface area contributed by atoms with Crippen LogP contribution in [-0.2, 0) is 31.0 Å². The molecule has 11 heteroatoms. The summed E-state index contributed by atoms with van der Waals surface area (Å²) < 4.78 is 5.31. The van der Waals surface area contributed by atoms with E-state index in [-0.39, 0.29) is 6.61 Å². The fourth-order valence-electron chi connectivity index (χ4n) is 22.2. The van der Waals surface area contributed by atoms with Crippen molar-refractivity contribution in [2.45, 2.75) is 223 Å². The van der Waals surface area contributed by atoms with Crippen molar-refractivity contribution in [1.29, 1.82) is 5.26 Å². The number of amides is 1. The zero-order valence-corrected chi connectivity index (χ0v) is 53.1. The Morgan fingerprint density at radius 1 is 0.483 bits per heavy atom. The van der Waals surface area contributed by atoms with Crippen LogP contribution in [0.2, 0.25) is 0 Å². The van der Waals surface area contributed by atoms with Gasteiger partial charge < -0.3 is 46.9 Å². The van der Waals surface area contributed by atoms with Crippen molar-refractivity contribution in [3.05, 3.63) is 118 Å². The average molecular weight is 1180 g/mol. The Bertz CT molecular complexity index is 2820. The Morgan fingerprint density at radius 2 is 0.759 bits per heavy atom. The van der Waals surface area contributed by atoms with Gasteiger partial charge in [0.2, 0.25) is 0 Å². The summed E-state index contributed by atoms with van der Waals surface area (Å²) in [6, 6.07) is 31.0. The van der Waals surface area contributed by atoms with Crippen LogP contribution in [0.4, 0.5) is 5.69 Å². The lowest BCUT2D eigenvalue weighted by Gasteiger charge is -2.57. The second kappa shape index (κ2) is 25.6. The number of rotatable bonds is 18. The van der Waals surface area contributed by atoms with Gasteiger partial charge in [0.05, 0.1) is 12.5 Å². The summed E-state index contributed by atoms with van der Waals surface area (Å²) >= 11 is 0. The number of benzene rings is 4. The highest BCUT2D eigenvalue weighted by Gasteiger charge is 2.54. The minimum Gasteiger partial charge on any atom is -0.508 e. The molecule has 0 unspecified atom stereocenters. The molecular formula is C76H105N7O4. The van der Waals surface area contributed by atoms with Crippen LogP contribution in [0.25, 0.3) is 0 Å². The number of aryl methyl sites for hydroxylation is 2. The van der Waals surface area contributed by atoms with Gasteiger partial charge in [-0.2, -0.15) is 5.26 Å². The van der Waals surface area contributed by atoms with Crippen molar-refractivity contribution in [3.63, 3.8) is 0 Å². The number of hydrogen-bond acceptors (Lipinski definition) is 10. The van der Waals surface area contributed by atoms with Crippen LogP contribution in [0.3, 0.4) is 0 Å². The van der Waals surface area contributed by atoms with Gasteiger partial charge in [0.15, 0.2) is 6.61 Å². The second-order valence-electron chi connectivity index (χ2n) is 31.8. The van der Waals surface area contributed by atoms with Gasteiger partial charge in [-0.25, -0.2) is 0 Å². The molecule has 0 heterocycles. The van der Waals surface area contributed by atoms with E-state index in [1.807, 2.05) is 38.1 Å². The van der Waals surface area contributed by atoms with E-state index in [0.717, 1.165) is 115 Å². The number of carbonyl (C=O) groups is 1. The first-order valence-corrected chi connectivity index (χ1v) is 34.7. The average Bonchev–Trinajstić information content (AvgIpc) is 3.23. The number of nitriles is 1. The van der Waals surface area contributed by atoms with E-state index in [2.05, 4.69) is 99.9 Å². The van der Waals surface area contributed by atoms with Gasteiger partial charge in [-0.15, -0.1) is 0 Å². The molecule has 16 saturated carbocycles. The summed E-state index contributed by atoms with van der Waals surface area (Å²) in [4.78, 5) is 12.9. The molecule has 0 atom stereocenters. The molecule has 11 nitrogen and oxygen atoms in total. The Kier molecular flexibility index (Phi) is 17.9. The molecule has 468 valence electrons. The number of phenols is 2. The van der Waals surface area contributed by atoms with E-state index in [1.165, 1.54) is 182 Å². The van der Waals surface area contributed by atoms with Crippen molar-refractivity contribution >= 4 is 11.6 Å². The SMILES string of the molecule is CN(CCC#N)c1ccc(CNC23CC4CC(CC(C4)C2)C3)cc1.Cc1cc(CNC23CC4CC(CC(C4)C2)C3)ccc1O.Cc1cc(CNC23CC4CC(CC(C4)C2)C3)ccc1O.NC(=O)COc1ccc(CNC23CC4CC(CC(C4)C2)C3)cc1. The first-order valence-electron chi connectivity index (χ1n) is 34.7. The number of nitrogens with zero attached hydrogens (tertiary/aromatic N) is 2. The van der Waals surface area contributed by atoms with E-state index < -0.39 is 5.91 Å². The predicted molar refractivity (Wildman–Crippen MR) is 348 cm³/mol. The number of anilines is 1. The molecule has 0 aliphatic heterocycles. The van der Waals surface area contributed by atoms with E-state index in [0.29, 0.717) is 45.8 Å². The summed E-state index contributed by atoms with van der Waals surface area (Å²) in [6.45, 7) is 8.50. The van der Waals surface area contributed by atoms with Crippen molar-refractivity contribution < 1.29 is 19.7 Å². The number of ether oxygens (including phenoxy) is 1. The van der Waals surface area contributed by atoms with Gasteiger partial charge in [-0.1, -0.05) is 48.5 Å². The normalized spacial score (nSPS) is 36.0. The molecule has 0 saturated heterocycles. The summed E-state index contributed by atoms with van der Waals surface area (Å²) in [7, 11) is 2.06. The summed E-state index contributed by atoms with van der Waals surface area (Å²) in [5.74, 6) is 12.9. The van der Waals surface area contributed by atoms with Gasteiger partial charge in [-0.3, -0.25) is 4.79 Å². The largest absolute Gasteiger partial charge is 0.508 e. The third-order valence-corrected chi connectivity index (χ3v) is 24.6. The van der Waals surface area contributed by atoms with Crippen molar-refractivity contribution in [1.82, 2.24) is 21.3 Å². The number of nitrogens with one attached hydrogen (secondary N) is 4. The van der Waals surface area contributed by atoms with Gasteiger partial charge in [0.1, 0.15) is 17.2 Å². The minimum absolute atomic E-state index is 0.0646. The van der Waals surface area contributed by atoms with Gasteiger partial charge in [-0.05, 0) is 309 Å². The molecule has 4 aromatic rings. The maximum atomic E-state index is 10.7. The van der Waals surface area contributed by atoms with Crippen LogP contribution < -0.4 is 36.6 Å². The molecule has 16 fully saturated rings. The third kappa shape index (κ3) is 14.6. The molecule has 0 spiro atoms. The zero-order valence-electron chi connectivity index (χ0n) is 53.1. The molecule has 87 heavy (non-hydrogen) atoms. The molecule has 20 rings (SSSR count). The fourth-order valence-corrected chi connectivity index (χ4v) is 22.2. The minimum atomic E-state index is -0.447. The molecule has 16 bridgehead atoms. The van der Waals surface area contributed by atoms with Crippen LogP contribution in [-0.4, -0.2) is 58.5 Å². The van der Waals surface area contributed by atoms with Crippen molar-refractivity contribution in [3.8, 4) is 23.3 Å². The number of primary amides is 1. The number of aromatic hydroxyl groups is 2. The first kappa shape index (κ1) is 60.8. The summed E-state index contributed by atoms with van der Waals surface area (Å²) in [5, 5.41) is 43.6. The highest BCUT2D eigenvalue weighted by atomic mass is 16.5. The zero-order chi connectivity index (χ0) is 59.9. The highest BCUT2D eigenvalue weighted by Crippen LogP contribution is 2.59. The summed E-state index contributed by atoms with van der Waals surface area (Å²) in [6.07, 6.45) is 35.3. The maximum Gasteiger partial charge on any atom is 0.255 e. The topological polar surface area (TPSA) is 168 Å². The highest BCUT2D eigenvalue weighted by molar-refractivity contribution is 5.75. The first-order chi connectivity index (χ1) is 42.0. The van der Waals surface area contributed by atoms with Crippen molar-refractivity contribution in [2.24, 2.45) is 76.7 Å². The maximum absolute atomic E-state index is 10.7. The van der Waals surface area contributed by atoms with Crippen LogP contribution in [0.1, 0.15) is 194 Å². The monoisotopic (exact) mass is 1180 g/mol. The lowest BCUT2D eigenvalue weighted by molar-refractivity contribution is -0.119. The smallest absolute Gasteiger partial charge is 0.255 e. The van der Waals surface area contributed by atoms with E-state index in [4.69, 9.17) is 15.7 Å². The Hall–Kier alpha value is -5.12. The number of phenolic OH excluding ortho intramolecular Hbond substituents is 2. The lowest BCUT2D eigenvalue weighted by atomic mass is 9.53. The fraction of sp³-hybridized carbons (Fsp3) is 0.658. The molecule has 16 aliphatic carbocycles. The van der Waals surface area contributed by atoms with Crippen molar-refractivity contribution in [2.75, 3.05) is 25.1 Å². The third-order valence-electron chi connectivity index (χ3n) is 24.6. The van der Waals surface area contributed by atoms with Crippen LogP contribution in [0, 0.1) is 96.2 Å².